The smallest absolute Gasteiger partial charge is 0.353 e. The fraction of sp³-hybridized carbons (Fsp3) is 0.588. The van der Waals surface area contributed by atoms with Crippen molar-refractivity contribution in [1.29, 1.82) is 0 Å². The Morgan fingerprint density at radius 2 is 1.88 bits per heavy atom. The molecule has 9 heteroatoms. The largest absolute Gasteiger partial charge is 0.416 e. The predicted octanol–water partition coefficient (Wildman–Crippen LogP) is 3.31. The van der Waals surface area contributed by atoms with E-state index in [-0.39, 0.29) is 30.6 Å². The van der Waals surface area contributed by atoms with Crippen molar-refractivity contribution in [3.63, 3.8) is 0 Å². The minimum Gasteiger partial charge on any atom is -0.353 e. The second kappa shape index (κ2) is 8.28. The molecular weight excluding hydrogens is 369 g/mol. The summed E-state index contributed by atoms with van der Waals surface area (Å²) < 4.78 is 63.5. The monoisotopic (exact) mass is 392 g/mol. The Morgan fingerprint density at radius 1 is 1.23 bits per heavy atom. The SMILES string of the molecule is CS(=O)(=O)N(CCC(=O)NC1CCCCC1)c1cccc(C(F)(F)F)c1. The van der Waals surface area contributed by atoms with Crippen LogP contribution in [0.15, 0.2) is 24.3 Å². The Balaban J connectivity index is 2.07. The van der Waals surface area contributed by atoms with Gasteiger partial charge in [0, 0.05) is 19.0 Å². The summed E-state index contributed by atoms with van der Waals surface area (Å²) >= 11 is 0. The first-order valence-electron chi connectivity index (χ1n) is 8.52. The number of anilines is 1. The maximum absolute atomic E-state index is 12.9. The maximum Gasteiger partial charge on any atom is 0.416 e. The first-order chi connectivity index (χ1) is 12.1. The van der Waals surface area contributed by atoms with E-state index in [1.807, 2.05) is 0 Å². The fourth-order valence-electron chi connectivity index (χ4n) is 3.07. The van der Waals surface area contributed by atoms with Crippen molar-refractivity contribution in [2.75, 3.05) is 17.1 Å². The van der Waals surface area contributed by atoms with Gasteiger partial charge >= 0.3 is 6.18 Å². The van der Waals surface area contributed by atoms with Crippen molar-refractivity contribution in [2.45, 2.75) is 50.7 Å². The summed E-state index contributed by atoms with van der Waals surface area (Å²) in [6.45, 7) is -0.210. The van der Waals surface area contributed by atoms with E-state index < -0.39 is 21.8 Å². The molecule has 26 heavy (non-hydrogen) atoms. The number of hydrogen-bond acceptors (Lipinski definition) is 3. The molecule has 0 aliphatic heterocycles. The minimum atomic E-state index is -4.57. The molecule has 0 radical (unpaired) electrons. The molecule has 1 amide bonds. The van der Waals surface area contributed by atoms with Crippen molar-refractivity contribution in [2.24, 2.45) is 0 Å². The lowest BCUT2D eigenvalue weighted by atomic mass is 9.95. The zero-order valence-electron chi connectivity index (χ0n) is 14.6. The first-order valence-corrected chi connectivity index (χ1v) is 10.4. The summed E-state index contributed by atoms with van der Waals surface area (Å²) in [5.41, 5.74) is -1.04. The van der Waals surface area contributed by atoms with Crippen LogP contribution in [0.3, 0.4) is 0 Å². The number of benzene rings is 1. The van der Waals surface area contributed by atoms with Crippen molar-refractivity contribution < 1.29 is 26.4 Å². The van der Waals surface area contributed by atoms with Crippen molar-refractivity contribution >= 4 is 21.6 Å². The van der Waals surface area contributed by atoms with E-state index in [0.29, 0.717) is 0 Å². The summed E-state index contributed by atoms with van der Waals surface area (Å²) in [6.07, 6.45) is 1.26. The third kappa shape index (κ3) is 5.89. The number of hydrogen-bond donors (Lipinski definition) is 1. The van der Waals surface area contributed by atoms with Gasteiger partial charge in [-0.3, -0.25) is 9.10 Å². The van der Waals surface area contributed by atoms with Crippen LogP contribution >= 0.6 is 0 Å². The highest BCUT2D eigenvalue weighted by Crippen LogP contribution is 2.32. The molecule has 0 spiro atoms. The molecule has 1 aliphatic carbocycles. The van der Waals surface area contributed by atoms with E-state index in [1.165, 1.54) is 6.07 Å². The Kier molecular flexibility index (Phi) is 6.54. The van der Waals surface area contributed by atoms with Crippen LogP contribution < -0.4 is 9.62 Å². The molecule has 1 N–H and O–H groups in total. The minimum absolute atomic E-state index is 0.0940. The Bertz CT molecular complexity index is 729. The van der Waals surface area contributed by atoms with E-state index in [9.17, 15) is 26.4 Å². The Labute approximate surface area is 151 Å². The summed E-state index contributed by atoms with van der Waals surface area (Å²) in [7, 11) is -3.82. The highest BCUT2D eigenvalue weighted by atomic mass is 32.2. The molecule has 1 saturated carbocycles. The summed E-state index contributed by atoms with van der Waals surface area (Å²) in [5.74, 6) is -0.294. The molecule has 146 valence electrons. The van der Waals surface area contributed by atoms with Gasteiger partial charge in [-0.15, -0.1) is 0 Å². The maximum atomic E-state index is 12.9. The molecule has 0 bridgehead atoms. The van der Waals surface area contributed by atoms with Crippen LogP contribution in [0.25, 0.3) is 0 Å². The third-order valence-corrected chi connectivity index (χ3v) is 5.57. The lowest BCUT2D eigenvalue weighted by Gasteiger charge is -2.25. The van der Waals surface area contributed by atoms with Crippen LogP contribution in [-0.4, -0.2) is 33.2 Å². The van der Waals surface area contributed by atoms with E-state index in [4.69, 9.17) is 0 Å². The summed E-state index contributed by atoms with van der Waals surface area (Å²) in [6, 6.07) is 4.18. The molecule has 1 aliphatic rings. The van der Waals surface area contributed by atoms with Gasteiger partial charge in [0.05, 0.1) is 17.5 Å². The molecule has 0 saturated heterocycles. The molecule has 2 rings (SSSR count). The molecular formula is C17H23F3N2O3S. The quantitative estimate of drug-likeness (QED) is 0.808. The van der Waals surface area contributed by atoms with E-state index >= 15 is 0 Å². The number of alkyl halides is 3. The topological polar surface area (TPSA) is 66.5 Å². The second-order valence-electron chi connectivity index (χ2n) is 6.54. The molecule has 1 aromatic rings. The highest BCUT2D eigenvalue weighted by molar-refractivity contribution is 7.92. The standard InChI is InChI=1S/C17H23F3N2O3S/c1-26(24,25)22(15-9-5-6-13(12-15)17(18,19)20)11-10-16(23)21-14-7-3-2-4-8-14/h5-6,9,12,14H,2-4,7-8,10-11H2,1H3,(H,21,23). The van der Waals surface area contributed by atoms with Crippen LogP contribution in [0.1, 0.15) is 44.1 Å². The molecule has 1 aromatic carbocycles. The van der Waals surface area contributed by atoms with Gasteiger partial charge < -0.3 is 5.32 Å². The molecule has 5 nitrogen and oxygen atoms in total. The van der Waals surface area contributed by atoms with Gasteiger partial charge in [-0.1, -0.05) is 25.3 Å². The van der Waals surface area contributed by atoms with Gasteiger partial charge in [-0.25, -0.2) is 8.42 Å². The van der Waals surface area contributed by atoms with Crippen molar-refractivity contribution in [3.05, 3.63) is 29.8 Å². The van der Waals surface area contributed by atoms with Crippen LogP contribution in [0.2, 0.25) is 0 Å². The van der Waals surface area contributed by atoms with Crippen LogP contribution in [0.4, 0.5) is 18.9 Å². The Hall–Kier alpha value is -1.77. The third-order valence-electron chi connectivity index (χ3n) is 4.37. The van der Waals surface area contributed by atoms with Gasteiger partial charge in [0.1, 0.15) is 0 Å². The number of amides is 1. The number of carbonyl (C=O) groups excluding carboxylic acids is 1. The fourth-order valence-corrected chi connectivity index (χ4v) is 3.99. The number of nitrogens with zero attached hydrogens (tertiary/aromatic N) is 1. The van der Waals surface area contributed by atoms with Crippen LogP contribution in [-0.2, 0) is 21.0 Å². The van der Waals surface area contributed by atoms with Gasteiger partial charge in [0.25, 0.3) is 0 Å². The number of halogens is 3. The van der Waals surface area contributed by atoms with Gasteiger partial charge in [0.15, 0.2) is 0 Å². The van der Waals surface area contributed by atoms with Gasteiger partial charge in [0.2, 0.25) is 15.9 Å². The van der Waals surface area contributed by atoms with Crippen molar-refractivity contribution in [3.8, 4) is 0 Å². The zero-order valence-corrected chi connectivity index (χ0v) is 15.4. The predicted molar refractivity (Wildman–Crippen MR) is 93.3 cm³/mol. The van der Waals surface area contributed by atoms with E-state index in [0.717, 1.165) is 60.9 Å². The highest BCUT2D eigenvalue weighted by Gasteiger charge is 2.31. The molecule has 0 atom stereocenters. The second-order valence-corrected chi connectivity index (χ2v) is 8.44. The number of carbonyl (C=O) groups is 1. The lowest BCUT2D eigenvalue weighted by molar-refractivity contribution is -0.137. The normalized spacial score (nSPS) is 16.3. The van der Waals surface area contributed by atoms with Gasteiger partial charge in [-0.2, -0.15) is 13.2 Å². The van der Waals surface area contributed by atoms with E-state index in [2.05, 4.69) is 5.32 Å². The number of sulfonamides is 1. The number of rotatable bonds is 6. The van der Waals surface area contributed by atoms with Crippen molar-refractivity contribution in [1.82, 2.24) is 5.32 Å². The molecule has 0 heterocycles. The summed E-state index contributed by atoms with van der Waals surface area (Å²) in [5, 5.41) is 2.87. The molecule has 0 unspecified atom stereocenters. The van der Waals surface area contributed by atoms with E-state index in [1.54, 1.807) is 0 Å². The van der Waals surface area contributed by atoms with Crippen LogP contribution in [0.5, 0.6) is 0 Å². The Morgan fingerprint density at radius 3 is 2.46 bits per heavy atom. The lowest BCUT2D eigenvalue weighted by Crippen LogP contribution is -2.39. The average Bonchev–Trinajstić information content (AvgIpc) is 2.54. The van der Waals surface area contributed by atoms with Gasteiger partial charge in [-0.05, 0) is 31.0 Å². The number of nitrogens with one attached hydrogen (secondary N) is 1. The summed E-state index contributed by atoms with van der Waals surface area (Å²) in [4.78, 5) is 12.1. The first kappa shape index (κ1) is 20.5. The van der Waals surface area contributed by atoms with Crippen LogP contribution in [0, 0.1) is 0 Å². The average molecular weight is 392 g/mol. The zero-order chi connectivity index (χ0) is 19.4. The molecule has 0 aromatic heterocycles. The molecule has 1 fully saturated rings.